The van der Waals surface area contributed by atoms with Crippen molar-refractivity contribution in [3.63, 3.8) is 0 Å². The van der Waals surface area contributed by atoms with Gasteiger partial charge >= 0.3 is 0 Å². The second-order valence-corrected chi connectivity index (χ2v) is 7.22. The van der Waals surface area contributed by atoms with E-state index in [9.17, 15) is 4.79 Å². The van der Waals surface area contributed by atoms with Gasteiger partial charge in [0.1, 0.15) is 11.8 Å². The van der Waals surface area contributed by atoms with Gasteiger partial charge in [-0.2, -0.15) is 5.26 Å². The van der Waals surface area contributed by atoms with E-state index >= 15 is 0 Å². The third-order valence-corrected chi connectivity index (χ3v) is 5.11. The number of hydrogen-bond donors (Lipinski definition) is 0. The van der Waals surface area contributed by atoms with Gasteiger partial charge in [-0.05, 0) is 56.0 Å². The Bertz CT molecular complexity index is 870. The molecule has 0 bridgehead atoms. The van der Waals surface area contributed by atoms with Gasteiger partial charge in [-0.25, -0.2) is 0 Å². The van der Waals surface area contributed by atoms with Crippen LogP contribution in [0.3, 0.4) is 0 Å². The number of rotatable bonds is 8. The molecule has 0 radical (unpaired) electrons. The zero-order valence-corrected chi connectivity index (χ0v) is 16.6. The molecular weight excluding hydrogens is 352 g/mol. The van der Waals surface area contributed by atoms with Crippen LogP contribution < -0.4 is 4.74 Å². The summed E-state index contributed by atoms with van der Waals surface area (Å²) in [4.78, 5) is 14.7. The first-order chi connectivity index (χ1) is 13.5. The monoisotopic (exact) mass is 378 g/mol. The number of carbonyl (C=O) groups excluding carboxylic acids is 1. The standard InChI is InChI=1S/C23H26N2O3/c1-16-6-11-20(17(2)14-16)28-22-21(19-9-7-18(15-24)8-10-19)25(23(22)26)12-4-5-13-27-3/h6-11,14,21-22H,4-5,12-13H2,1-3H3/t21-,22-/m1/s1. The Labute approximate surface area is 166 Å². The number of hydrogen-bond acceptors (Lipinski definition) is 4. The van der Waals surface area contributed by atoms with Crippen molar-refractivity contribution >= 4 is 5.91 Å². The molecule has 0 aliphatic carbocycles. The van der Waals surface area contributed by atoms with Crippen LogP contribution in [0.15, 0.2) is 42.5 Å². The number of β-lactam (4-membered cyclic amide) rings is 1. The number of nitrogens with zero attached hydrogens (tertiary/aromatic N) is 2. The molecule has 1 saturated heterocycles. The first kappa shape index (κ1) is 19.9. The summed E-state index contributed by atoms with van der Waals surface area (Å²) in [6.45, 7) is 5.38. The molecule has 0 spiro atoms. The lowest BCUT2D eigenvalue weighted by molar-refractivity contribution is -0.164. The highest BCUT2D eigenvalue weighted by molar-refractivity contribution is 5.89. The molecule has 1 amide bonds. The number of benzene rings is 2. The molecule has 28 heavy (non-hydrogen) atoms. The van der Waals surface area contributed by atoms with Gasteiger partial charge in [-0.15, -0.1) is 0 Å². The summed E-state index contributed by atoms with van der Waals surface area (Å²) >= 11 is 0. The maximum atomic E-state index is 12.8. The maximum Gasteiger partial charge on any atom is 0.266 e. The Hall–Kier alpha value is -2.84. The first-order valence-corrected chi connectivity index (χ1v) is 9.58. The van der Waals surface area contributed by atoms with E-state index in [4.69, 9.17) is 14.7 Å². The number of methoxy groups -OCH3 is 1. The predicted molar refractivity (Wildman–Crippen MR) is 107 cm³/mol. The SMILES string of the molecule is COCCCCN1C(=O)[C@H](Oc2ccc(C)cc2C)[C@H]1c1ccc(C#N)cc1. The summed E-state index contributed by atoms with van der Waals surface area (Å²) in [5, 5.41) is 9.05. The molecule has 2 aromatic carbocycles. The lowest BCUT2D eigenvalue weighted by Gasteiger charge is -2.47. The number of ether oxygens (including phenoxy) is 2. The Balaban J connectivity index is 1.80. The molecule has 5 nitrogen and oxygen atoms in total. The molecular formula is C23H26N2O3. The second kappa shape index (κ2) is 8.90. The summed E-state index contributed by atoms with van der Waals surface area (Å²) in [7, 11) is 1.68. The Morgan fingerprint density at radius 3 is 2.50 bits per heavy atom. The number of nitriles is 1. The van der Waals surface area contributed by atoms with Crippen LogP contribution in [-0.2, 0) is 9.53 Å². The average Bonchev–Trinajstić information content (AvgIpc) is 2.70. The molecule has 1 aliphatic rings. The minimum atomic E-state index is -0.545. The molecule has 2 aromatic rings. The molecule has 0 N–H and O–H groups in total. The van der Waals surface area contributed by atoms with Gasteiger partial charge in [0, 0.05) is 20.3 Å². The normalized spacial score (nSPS) is 18.5. The van der Waals surface area contributed by atoms with Crippen molar-refractivity contribution in [2.75, 3.05) is 20.3 Å². The van der Waals surface area contributed by atoms with E-state index in [1.807, 2.05) is 43.0 Å². The van der Waals surface area contributed by atoms with E-state index in [1.165, 1.54) is 0 Å². The molecule has 0 unspecified atom stereocenters. The predicted octanol–water partition coefficient (Wildman–Crippen LogP) is 3.93. The zero-order valence-electron chi connectivity index (χ0n) is 16.6. The number of carbonyl (C=O) groups is 1. The smallest absolute Gasteiger partial charge is 0.266 e. The van der Waals surface area contributed by atoms with E-state index in [0.29, 0.717) is 18.7 Å². The molecule has 0 saturated carbocycles. The van der Waals surface area contributed by atoms with Crippen LogP contribution in [0.5, 0.6) is 5.75 Å². The fourth-order valence-corrected chi connectivity index (χ4v) is 3.59. The lowest BCUT2D eigenvalue weighted by Crippen LogP contribution is -2.61. The summed E-state index contributed by atoms with van der Waals surface area (Å²) in [5.74, 6) is 0.744. The van der Waals surface area contributed by atoms with Crippen LogP contribution in [0.1, 0.15) is 41.1 Å². The van der Waals surface area contributed by atoms with Crippen LogP contribution in [0.25, 0.3) is 0 Å². The zero-order chi connectivity index (χ0) is 20.1. The summed E-state index contributed by atoms with van der Waals surface area (Å²) < 4.78 is 11.3. The van der Waals surface area contributed by atoms with Crippen LogP contribution in [0.4, 0.5) is 0 Å². The fraction of sp³-hybridized carbons (Fsp3) is 0.391. The summed E-state index contributed by atoms with van der Waals surface area (Å²) in [6.07, 6.45) is 1.24. The molecule has 3 rings (SSSR count). The van der Waals surface area contributed by atoms with Gasteiger partial charge in [0.25, 0.3) is 5.91 Å². The van der Waals surface area contributed by atoms with E-state index < -0.39 is 6.10 Å². The quantitative estimate of drug-likeness (QED) is 0.516. The molecule has 0 aromatic heterocycles. The largest absolute Gasteiger partial charge is 0.478 e. The highest BCUT2D eigenvalue weighted by atomic mass is 16.5. The maximum absolute atomic E-state index is 12.8. The average molecular weight is 378 g/mol. The Morgan fingerprint density at radius 2 is 1.86 bits per heavy atom. The van der Waals surface area contributed by atoms with Crippen molar-refractivity contribution in [3.8, 4) is 11.8 Å². The third kappa shape index (κ3) is 4.18. The van der Waals surface area contributed by atoms with Gasteiger partial charge in [0.2, 0.25) is 6.10 Å². The van der Waals surface area contributed by atoms with Crippen LogP contribution >= 0.6 is 0 Å². The molecule has 5 heteroatoms. The third-order valence-electron chi connectivity index (χ3n) is 5.11. The van der Waals surface area contributed by atoms with Gasteiger partial charge in [0.05, 0.1) is 11.6 Å². The minimum Gasteiger partial charge on any atom is -0.478 e. The van der Waals surface area contributed by atoms with Crippen molar-refractivity contribution in [1.82, 2.24) is 4.90 Å². The molecule has 146 valence electrons. The number of amides is 1. The van der Waals surface area contributed by atoms with Crippen LogP contribution in [0, 0.1) is 25.2 Å². The van der Waals surface area contributed by atoms with Gasteiger partial charge in [-0.1, -0.05) is 29.8 Å². The van der Waals surface area contributed by atoms with Crippen molar-refractivity contribution in [1.29, 1.82) is 5.26 Å². The molecule has 1 aliphatic heterocycles. The summed E-state index contributed by atoms with van der Waals surface area (Å²) in [6, 6.07) is 15.4. The first-order valence-electron chi connectivity index (χ1n) is 9.58. The number of likely N-dealkylation sites (tertiary alicyclic amines) is 1. The van der Waals surface area contributed by atoms with E-state index in [0.717, 1.165) is 35.3 Å². The van der Waals surface area contributed by atoms with E-state index in [1.54, 1.807) is 19.2 Å². The van der Waals surface area contributed by atoms with Crippen molar-refractivity contribution in [2.24, 2.45) is 0 Å². The van der Waals surface area contributed by atoms with Crippen molar-refractivity contribution in [3.05, 3.63) is 64.7 Å². The minimum absolute atomic E-state index is 0.00625. The highest BCUT2D eigenvalue weighted by Gasteiger charge is 2.49. The topological polar surface area (TPSA) is 62.6 Å². The highest BCUT2D eigenvalue weighted by Crippen LogP contribution is 2.38. The van der Waals surface area contributed by atoms with Gasteiger partial charge < -0.3 is 14.4 Å². The molecule has 2 atom stereocenters. The van der Waals surface area contributed by atoms with Crippen molar-refractivity contribution < 1.29 is 14.3 Å². The summed E-state index contributed by atoms with van der Waals surface area (Å²) in [5.41, 5.74) is 3.77. The number of aryl methyl sites for hydroxylation is 2. The molecule has 1 fully saturated rings. The number of unbranched alkanes of at least 4 members (excludes halogenated alkanes) is 1. The second-order valence-electron chi connectivity index (χ2n) is 7.22. The lowest BCUT2D eigenvalue weighted by atomic mass is 9.89. The molecule has 1 heterocycles. The van der Waals surface area contributed by atoms with Gasteiger partial charge in [0.15, 0.2) is 0 Å². The van der Waals surface area contributed by atoms with Crippen LogP contribution in [0.2, 0.25) is 0 Å². The van der Waals surface area contributed by atoms with E-state index in [2.05, 4.69) is 12.1 Å². The van der Waals surface area contributed by atoms with Crippen LogP contribution in [-0.4, -0.2) is 37.2 Å². The van der Waals surface area contributed by atoms with Gasteiger partial charge in [-0.3, -0.25) is 4.79 Å². The Morgan fingerprint density at radius 1 is 1.11 bits per heavy atom. The van der Waals surface area contributed by atoms with E-state index in [-0.39, 0.29) is 11.9 Å². The van der Waals surface area contributed by atoms with Crippen molar-refractivity contribution in [2.45, 2.75) is 38.8 Å². The fourth-order valence-electron chi connectivity index (χ4n) is 3.59. The Kier molecular flexibility index (Phi) is 6.33.